The highest BCUT2D eigenvalue weighted by Crippen LogP contribution is 2.20. The summed E-state index contributed by atoms with van der Waals surface area (Å²) in [6, 6.07) is 18.4. The Morgan fingerprint density at radius 3 is 2.57 bits per heavy atom. The summed E-state index contributed by atoms with van der Waals surface area (Å²) in [6.45, 7) is 4.32. The van der Waals surface area contributed by atoms with Crippen LogP contribution in [0, 0.1) is 5.92 Å². The molecule has 152 valence electrons. The van der Waals surface area contributed by atoms with Gasteiger partial charge in [0, 0.05) is 26.2 Å². The fourth-order valence-electron chi connectivity index (χ4n) is 3.44. The van der Waals surface area contributed by atoms with Crippen LogP contribution >= 0.6 is 12.4 Å². The number of hydrogen-bond donors (Lipinski definition) is 2. The zero-order valence-electron chi connectivity index (χ0n) is 16.2. The first-order valence-electron chi connectivity index (χ1n) is 9.70. The second-order valence-corrected chi connectivity index (χ2v) is 7.07. The Morgan fingerprint density at radius 1 is 1.11 bits per heavy atom. The number of nitrogens with two attached hydrogens (primary N) is 1. The van der Waals surface area contributed by atoms with Crippen molar-refractivity contribution in [3.8, 4) is 5.75 Å². The number of rotatable bonds is 8. The lowest BCUT2D eigenvalue weighted by atomic mass is 9.96. The van der Waals surface area contributed by atoms with Crippen LogP contribution in [0.3, 0.4) is 0 Å². The van der Waals surface area contributed by atoms with Gasteiger partial charge in [-0.1, -0.05) is 42.5 Å². The van der Waals surface area contributed by atoms with E-state index in [4.69, 9.17) is 10.5 Å². The number of nitrogens with zero attached hydrogens (tertiary/aromatic N) is 1. The molecule has 3 N–H and O–H groups in total. The molecule has 0 spiro atoms. The van der Waals surface area contributed by atoms with Crippen LogP contribution in [0.25, 0.3) is 0 Å². The van der Waals surface area contributed by atoms with Crippen molar-refractivity contribution in [3.05, 3.63) is 65.7 Å². The molecule has 0 aliphatic carbocycles. The SMILES string of the molecule is Cl.NCCNC(=O)C1CCCN(Cc2ccc(OCc3ccccc3)cc2)C1. The highest BCUT2D eigenvalue weighted by Gasteiger charge is 2.25. The molecule has 0 saturated carbocycles. The fraction of sp³-hybridized carbons (Fsp3) is 0.409. The minimum Gasteiger partial charge on any atom is -0.489 e. The number of carbonyl (C=O) groups excluding carboxylic acids is 1. The van der Waals surface area contributed by atoms with E-state index in [1.165, 1.54) is 5.56 Å². The summed E-state index contributed by atoms with van der Waals surface area (Å²) < 4.78 is 5.85. The van der Waals surface area contributed by atoms with Gasteiger partial charge in [0.15, 0.2) is 0 Å². The summed E-state index contributed by atoms with van der Waals surface area (Å²) in [5.41, 5.74) is 7.87. The molecule has 28 heavy (non-hydrogen) atoms. The van der Waals surface area contributed by atoms with Crippen LogP contribution in [0.1, 0.15) is 24.0 Å². The lowest BCUT2D eigenvalue weighted by Crippen LogP contribution is -2.43. The zero-order chi connectivity index (χ0) is 18.9. The Labute approximate surface area is 173 Å². The molecule has 1 amide bonds. The predicted octanol–water partition coefficient (Wildman–Crippen LogP) is 2.97. The minimum atomic E-state index is 0. The number of halogens is 1. The summed E-state index contributed by atoms with van der Waals surface area (Å²) in [7, 11) is 0. The van der Waals surface area contributed by atoms with Crippen LogP contribution < -0.4 is 15.8 Å². The number of carbonyl (C=O) groups is 1. The van der Waals surface area contributed by atoms with E-state index in [1.807, 2.05) is 30.3 Å². The molecule has 6 heteroatoms. The molecule has 2 aromatic rings. The quantitative estimate of drug-likeness (QED) is 0.711. The zero-order valence-corrected chi connectivity index (χ0v) is 17.0. The van der Waals surface area contributed by atoms with Gasteiger partial charge in [-0.15, -0.1) is 12.4 Å². The Kier molecular flexibility index (Phi) is 9.28. The molecule has 0 aromatic heterocycles. The van der Waals surface area contributed by atoms with E-state index < -0.39 is 0 Å². The molecular weight excluding hydrogens is 374 g/mol. The summed E-state index contributed by atoms with van der Waals surface area (Å²) in [6.07, 6.45) is 2.01. The maximum Gasteiger partial charge on any atom is 0.224 e. The molecular formula is C22H30ClN3O2. The third-order valence-electron chi connectivity index (χ3n) is 4.90. The maximum absolute atomic E-state index is 12.2. The molecule has 5 nitrogen and oxygen atoms in total. The fourth-order valence-corrected chi connectivity index (χ4v) is 3.44. The molecule has 1 aliphatic heterocycles. The second-order valence-electron chi connectivity index (χ2n) is 7.07. The summed E-state index contributed by atoms with van der Waals surface area (Å²) in [5, 5.41) is 2.91. The number of amides is 1. The Balaban J connectivity index is 0.00000280. The van der Waals surface area contributed by atoms with E-state index in [9.17, 15) is 4.79 Å². The molecule has 1 atom stereocenters. The Morgan fingerprint density at radius 2 is 1.86 bits per heavy atom. The first-order chi connectivity index (χ1) is 13.2. The van der Waals surface area contributed by atoms with Crippen LogP contribution in [0.4, 0.5) is 0 Å². The van der Waals surface area contributed by atoms with E-state index >= 15 is 0 Å². The number of piperidine rings is 1. The maximum atomic E-state index is 12.2. The summed E-state index contributed by atoms with van der Waals surface area (Å²) in [5.74, 6) is 1.08. The second kappa shape index (κ2) is 11.7. The molecule has 1 heterocycles. The van der Waals surface area contributed by atoms with Crippen molar-refractivity contribution in [2.75, 3.05) is 26.2 Å². The molecule has 1 fully saturated rings. The predicted molar refractivity (Wildman–Crippen MR) is 115 cm³/mol. The summed E-state index contributed by atoms with van der Waals surface area (Å²) >= 11 is 0. The van der Waals surface area contributed by atoms with Gasteiger partial charge in [-0.25, -0.2) is 0 Å². The van der Waals surface area contributed by atoms with E-state index in [0.717, 1.165) is 43.8 Å². The van der Waals surface area contributed by atoms with Gasteiger partial charge in [-0.2, -0.15) is 0 Å². The topological polar surface area (TPSA) is 67.6 Å². The molecule has 1 aliphatic rings. The van der Waals surface area contributed by atoms with E-state index in [1.54, 1.807) is 0 Å². The van der Waals surface area contributed by atoms with Gasteiger partial charge in [-0.3, -0.25) is 9.69 Å². The van der Waals surface area contributed by atoms with Crippen LogP contribution in [0.5, 0.6) is 5.75 Å². The van der Waals surface area contributed by atoms with Crippen molar-refractivity contribution in [1.82, 2.24) is 10.2 Å². The van der Waals surface area contributed by atoms with Gasteiger partial charge >= 0.3 is 0 Å². The van der Waals surface area contributed by atoms with E-state index in [-0.39, 0.29) is 24.2 Å². The molecule has 0 radical (unpaired) electrons. The van der Waals surface area contributed by atoms with Crippen LogP contribution in [0.2, 0.25) is 0 Å². The minimum absolute atomic E-state index is 0. The molecule has 1 unspecified atom stereocenters. The summed E-state index contributed by atoms with van der Waals surface area (Å²) in [4.78, 5) is 14.5. The average molecular weight is 404 g/mol. The van der Waals surface area contributed by atoms with E-state index in [2.05, 4.69) is 34.5 Å². The Bertz CT molecular complexity index is 709. The smallest absolute Gasteiger partial charge is 0.224 e. The van der Waals surface area contributed by atoms with E-state index in [0.29, 0.717) is 19.7 Å². The third-order valence-corrected chi connectivity index (χ3v) is 4.90. The monoisotopic (exact) mass is 403 g/mol. The van der Waals surface area contributed by atoms with Gasteiger partial charge < -0.3 is 15.8 Å². The van der Waals surface area contributed by atoms with Crippen molar-refractivity contribution >= 4 is 18.3 Å². The number of nitrogens with one attached hydrogen (secondary N) is 1. The first-order valence-corrected chi connectivity index (χ1v) is 9.70. The highest BCUT2D eigenvalue weighted by molar-refractivity contribution is 5.85. The molecule has 2 aromatic carbocycles. The van der Waals surface area contributed by atoms with Crippen molar-refractivity contribution < 1.29 is 9.53 Å². The van der Waals surface area contributed by atoms with Crippen LogP contribution in [-0.4, -0.2) is 37.0 Å². The number of hydrogen-bond acceptors (Lipinski definition) is 4. The van der Waals surface area contributed by atoms with Gasteiger partial charge in [0.25, 0.3) is 0 Å². The molecule has 0 bridgehead atoms. The number of likely N-dealkylation sites (tertiary alicyclic amines) is 1. The third kappa shape index (κ3) is 6.82. The number of benzene rings is 2. The van der Waals surface area contributed by atoms with Crippen molar-refractivity contribution in [3.63, 3.8) is 0 Å². The van der Waals surface area contributed by atoms with Gasteiger partial charge in [0.05, 0.1) is 5.92 Å². The van der Waals surface area contributed by atoms with Gasteiger partial charge in [0.2, 0.25) is 5.91 Å². The lowest BCUT2D eigenvalue weighted by Gasteiger charge is -2.32. The van der Waals surface area contributed by atoms with Crippen LogP contribution in [0.15, 0.2) is 54.6 Å². The average Bonchev–Trinajstić information content (AvgIpc) is 2.72. The molecule has 3 rings (SSSR count). The number of ether oxygens (including phenoxy) is 1. The lowest BCUT2D eigenvalue weighted by molar-refractivity contribution is -0.126. The molecule has 1 saturated heterocycles. The highest BCUT2D eigenvalue weighted by atomic mass is 35.5. The van der Waals surface area contributed by atoms with Gasteiger partial charge in [0.1, 0.15) is 12.4 Å². The first kappa shape index (κ1) is 22.2. The Hall–Kier alpha value is -2.08. The van der Waals surface area contributed by atoms with Crippen LogP contribution in [-0.2, 0) is 17.9 Å². The van der Waals surface area contributed by atoms with Crippen molar-refractivity contribution in [2.24, 2.45) is 11.7 Å². The normalized spacial score (nSPS) is 16.8. The van der Waals surface area contributed by atoms with Gasteiger partial charge in [-0.05, 0) is 42.6 Å². The van der Waals surface area contributed by atoms with Crippen molar-refractivity contribution in [2.45, 2.75) is 26.0 Å². The van der Waals surface area contributed by atoms with Crippen molar-refractivity contribution in [1.29, 1.82) is 0 Å². The standard InChI is InChI=1S/C22H29N3O2.ClH/c23-12-13-24-22(26)20-7-4-14-25(16-20)15-18-8-10-21(11-9-18)27-17-19-5-2-1-3-6-19;/h1-3,5-6,8-11,20H,4,7,12-17,23H2,(H,24,26);1H. The largest absolute Gasteiger partial charge is 0.489 e.